The van der Waals surface area contributed by atoms with Crippen LogP contribution >= 0.6 is 12.4 Å². The number of aliphatic hydroxyl groups excluding tert-OH is 1. The summed E-state index contributed by atoms with van der Waals surface area (Å²) in [6, 6.07) is 10.1. The van der Waals surface area contributed by atoms with Crippen LogP contribution in [0.15, 0.2) is 30.3 Å². The number of aliphatic hydroxyl groups is 1. The molecule has 1 aromatic carbocycles. The molecule has 4 nitrogen and oxygen atoms in total. The first-order valence-corrected chi connectivity index (χ1v) is 8.27. The van der Waals surface area contributed by atoms with Gasteiger partial charge in [0.05, 0.1) is 11.6 Å². The summed E-state index contributed by atoms with van der Waals surface area (Å²) in [7, 11) is 0. The molecule has 0 aliphatic carbocycles. The van der Waals surface area contributed by atoms with E-state index < -0.39 is 5.54 Å². The van der Waals surface area contributed by atoms with E-state index in [0.717, 1.165) is 31.4 Å². The average Bonchev–Trinajstić information content (AvgIpc) is 2.52. The first kappa shape index (κ1) is 19.9. The Morgan fingerprint density at radius 1 is 1.35 bits per heavy atom. The van der Waals surface area contributed by atoms with Gasteiger partial charge in [-0.1, -0.05) is 30.3 Å². The van der Waals surface area contributed by atoms with Gasteiger partial charge in [-0.2, -0.15) is 0 Å². The van der Waals surface area contributed by atoms with Crippen molar-refractivity contribution in [2.45, 2.75) is 57.1 Å². The summed E-state index contributed by atoms with van der Waals surface area (Å²) < 4.78 is 0. The third kappa shape index (κ3) is 5.79. The Bertz CT molecular complexity index is 473. The number of hydrogen-bond donors (Lipinski definition) is 3. The molecule has 0 bridgehead atoms. The topological polar surface area (TPSA) is 61.4 Å². The van der Waals surface area contributed by atoms with E-state index in [1.165, 1.54) is 0 Å². The Hall–Kier alpha value is -1.10. The maximum Gasteiger partial charge on any atom is 0.240 e. The fourth-order valence-electron chi connectivity index (χ4n) is 3.14. The van der Waals surface area contributed by atoms with Crippen molar-refractivity contribution in [3.63, 3.8) is 0 Å². The van der Waals surface area contributed by atoms with Crippen LogP contribution in [-0.4, -0.2) is 35.7 Å². The van der Waals surface area contributed by atoms with Gasteiger partial charge in [0.2, 0.25) is 5.91 Å². The van der Waals surface area contributed by atoms with Crippen molar-refractivity contribution in [1.82, 2.24) is 10.6 Å². The second-order valence-electron chi connectivity index (χ2n) is 6.62. The van der Waals surface area contributed by atoms with E-state index in [4.69, 9.17) is 0 Å². The first-order valence-electron chi connectivity index (χ1n) is 8.27. The Balaban J connectivity index is 0.00000264. The van der Waals surface area contributed by atoms with E-state index in [9.17, 15) is 9.90 Å². The van der Waals surface area contributed by atoms with E-state index in [2.05, 4.69) is 22.8 Å². The minimum atomic E-state index is -0.454. The molecule has 3 atom stereocenters. The maximum atomic E-state index is 12.5. The smallest absolute Gasteiger partial charge is 0.240 e. The van der Waals surface area contributed by atoms with Crippen molar-refractivity contribution in [2.24, 2.45) is 0 Å². The summed E-state index contributed by atoms with van der Waals surface area (Å²) in [6.45, 7) is 5.24. The highest BCUT2D eigenvalue weighted by atomic mass is 35.5. The van der Waals surface area contributed by atoms with Crippen molar-refractivity contribution in [2.75, 3.05) is 13.1 Å². The number of carbonyl (C=O) groups excluding carboxylic acids is 1. The zero-order valence-electron chi connectivity index (χ0n) is 14.0. The van der Waals surface area contributed by atoms with Gasteiger partial charge in [-0.3, -0.25) is 4.79 Å². The fraction of sp³-hybridized carbons (Fsp3) is 0.611. The van der Waals surface area contributed by atoms with E-state index in [0.29, 0.717) is 13.0 Å². The van der Waals surface area contributed by atoms with Crippen LogP contribution in [0, 0.1) is 0 Å². The average molecular weight is 341 g/mol. The van der Waals surface area contributed by atoms with Gasteiger partial charge in [-0.15, -0.1) is 12.4 Å². The molecular formula is C18H29ClN2O2. The molecular weight excluding hydrogens is 312 g/mol. The number of benzene rings is 1. The van der Waals surface area contributed by atoms with Crippen LogP contribution in [0.5, 0.6) is 0 Å². The van der Waals surface area contributed by atoms with Crippen LogP contribution in [0.2, 0.25) is 0 Å². The molecule has 0 spiro atoms. The molecule has 23 heavy (non-hydrogen) atoms. The van der Waals surface area contributed by atoms with Gasteiger partial charge in [-0.05, 0) is 51.6 Å². The number of carbonyl (C=O) groups is 1. The normalized spacial score (nSPS) is 23.4. The van der Waals surface area contributed by atoms with Gasteiger partial charge < -0.3 is 15.7 Å². The molecule has 1 aromatic rings. The molecule has 2 rings (SSSR count). The van der Waals surface area contributed by atoms with Gasteiger partial charge in [0.25, 0.3) is 0 Å². The van der Waals surface area contributed by atoms with Gasteiger partial charge in [-0.25, -0.2) is 0 Å². The second-order valence-corrected chi connectivity index (χ2v) is 6.62. The highest BCUT2D eigenvalue weighted by molar-refractivity contribution is 5.86. The Labute approximate surface area is 145 Å². The molecule has 0 radical (unpaired) electrons. The van der Waals surface area contributed by atoms with E-state index >= 15 is 0 Å². The van der Waals surface area contributed by atoms with Gasteiger partial charge in [0, 0.05) is 12.5 Å². The summed E-state index contributed by atoms with van der Waals surface area (Å²) >= 11 is 0. The van der Waals surface area contributed by atoms with E-state index in [1.807, 2.05) is 25.1 Å². The summed E-state index contributed by atoms with van der Waals surface area (Å²) in [5, 5.41) is 16.1. The second kappa shape index (κ2) is 9.26. The van der Waals surface area contributed by atoms with Crippen LogP contribution in [0.25, 0.3) is 0 Å². The third-order valence-electron chi connectivity index (χ3n) is 4.53. The van der Waals surface area contributed by atoms with Crippen molar-refractivity contribution in [3.8, 4) is 0 Å². The summed E-state index contributed by atoms with van der Waals surface area (Å²) in [5.74, 6) is 0.205. The standard InChI is InChI=1S/C18H28N2O2.ClH/c1-14(21)12-16(15-8-4-3-5-9-15)13-19-17(22)18(2)10-6-7-11-20-18;/h3-5,8-9,14,16,20-21H,6-7,10-13H2,1-2H3,(H,19,22);1H. The van der Waals surface area contributed by atoms with Crippen LogP contribution in [0.4, 0.5) is 0 Å². The molecule has 1 aliphatic rings. The molecule has 3 unspecified atom stereocenters. The highest BCUT2D eigenvalue weighted by Crippen LogP contribution is 2.22. The number of amides is 1. The molecule has 1 fully saturated rings. The van der Waals surface area contributed by atoms with E-state index in [-0.39, 0.29) is 30.3 Å². The summed E-state index contributed by atoms with van der Waals surface area (Å²) in [4.78, 5) is 12.5. The molecule has 5 heteroatoms. The molecule has 130 valence electrons. The SMILES string of the molecule is CC(O)CC(CNC(=O)C1(C)CCCCN1)c1ccccc1.Cl. The molecule has 1 heterocycles. The molecule has 1 saturated heterocycles. The monoisotopic (exact) mass is 340 g/mol. The number of hydrogen-bond acceptors (Lipinski definition) is 3. The minimum absolute atomic E-state index is 0. The van der Waals surface area contributed by atoms with E-state index in [1.54, 1.807) is 6.92 Å². The van der Waals surface area contributed by atoms with Crippen molar-refractivity contribution < 1.29 is 9.90 Å². The molecule has 3 N–H and O–H groups in total. The van der Waals surface area contributed by atoms with Gasteiger partial charge >= 0.3 is 0 Å². The molecule has 0 aromatic heterocycles. The Kier molecular flexibility index (Phi) is 8.03. The third-order valence-corrected chi connectivity index (χ3v) is 4.53. The molecule has 1 aliphatic heterocycles. The highest BCUT2D eigenvalue weighted by Gasteiger charge is 2.34. The van der Waals surface area contributed by atoms with Crippen LogP contribution in [-0.2, 0) is 4.79 Å². The van der Waals surface area contributed by atoms with Crippen LogP contribution in [0.3, 0.4) is 0 Å². The predicted molar refractivity (Wildman–Crippen MR) is 96.0 cm³/mol. The lowest BCUT2D eigenvalue weighted by atomic mass is 9.89. The molecule has 0 saturated carbocycles. The predicted octanol–water partition coefficient (Wildman–Crippen LogP) is 2.61. The van der Waals surface area contributed by atoms with Gasteiger partial charge in [0.15, 0.2) is 0 Å². The summed E-state index contributed by atoms with van der Waals surface area (Å²) in [5.41, 5.74) is 0.704. The Morgan fingerprint density at radius 2 is 2.04 bits per heavy atom. The number of rotatable bonds is 6. The lowest BCUT2D eigenvalue weighted by molar-refractivity contribution is -0.128. The number of nitrogens with one attached hydrogen (secondary N) is 2. The largest absolute Gasteiger partial charge is 0.393 e. The zero-order chi connectivity index (χ0) is 16.0. The van der Waals surface area contributed by atoms with Crippen molar-refractivity contribution in [3.05, 3.63) is 35.9 Å². The maximum absolute atomic E-state index is 12.5. The minimum Gasteiger partial charge on any atom is -0.393 e. The number of halogens is 1. The van der Waals surface area contributed by atoms with Gasteiger partial charge in [0.1, 0.15) is 0 Å². The summed E-state index contributed by atoms with van der Waals surface area (Å²) in [6.07, 6.45) is 3.37. The first-order chi connectivity index (χ1) is 10.5. The zero-order valence-corrected chi connectivity index (χ0v) is 14.9. The number of piperidine rings is 1. The van der Waals surface area contributed by atoms with Crippen molar-refractivity contribution >= 4 is 18.3 Å². The molecule has 1 amide bonds. The van der Waals surface area contributed by atoms with Crippen LogP contribution < -0.4 is 10.6 Å². The lowest BCUT2D eigenvalue weighted by Gasteiger charge is -2.34. The van der Waals surface area contributed by atoms with Crippen LogP contribution in [0.1, 0.15) is 51.0 Å². The quantitative estimate of drug-likeness (QED) is 0.746. The van der Waals surface area contributed by atoms with Crippen molar-refractivity contribution in [1.29, 1.82) is 0 Å². The Morgan fingerprint density at radius 3 is 2.61 bits per heavy atom. The lowest BCUT2D eigenvalue weighted by Crippen LogP contribution is -2.57. The fourth-order valence-corrected chi connectivity index (χ4v) is 3.14.